The molecule has 4 nitrogen and oxygen atoms in total. The first-order valence-corrected chi connectivity index (χ1v) is 5.78. The van der Waals surface area contributed by atoms with E-state index < -0.39 is 0 Å². The molecule has 2 N–H and O–H groups in total. The quantitative estimate of drug-likeness (QED) is 0.614. The molecule has 1 rings (SSSR count). The highest BCUT2D eigenvalue weighted by Crippen LogP contribution is 2.28. The fourth-order valence-electron chi connectivity index (χ4n) is 1.32. The molecule has 2 amide bonds. The predicted octanol–water partition coefficient (Wildman–Crippen LogP) is 0.819. The number of carbonyl (C=O) groups excluding carboxylic acids is 2. The standard InChI is InChI=1S/C11H20N2O2/c1-2-3-4-7-12-10(14)8-13-11(15)9-5-6-9/h9H,2-8H2,1H3,(H,12,14)(H,13,15). The van der Waals surface area contributed by atoms with E-state index >= 15 is 0 Å². The van der Waals surface area contributed by atoms with E-state index in [4.69, 9.17) is 0 Å². The third-order valence-corrected chi connectivity index (χ3v) is 2.47. The molecule has 1 saturated carbocycles. The van der Waals surface area contributed by atoms with Gasteiger partial charge >= 0.3 is 0 Å². The van der Waals surface area contributed by atoms with Crippen LogP contribution < -0.4 is 10.6 Å². The van der Waals surface area contributed by atoms with Crippen LogP contribution in [0.5, 0.6) is 0 Å². The minimum atomic E-state index is -0.0832. The van der Waals surface area contributed by atoms with Gasteiger partial charge in [-0.2, -0.15) is 0 Å². The predicted molar refractivity (Wildman–Crippen MR) is 58.3 cm³/mol. The minimum absolute atomic E-state index is 0.0266. The topological polar surface area (TPSA) is 58.2 Å². The first kappa shape index (κ1) is 12.0. The van der Waals surface area contributed by atoms with Gasteiger partial charge in [0.25, 0.3) is 0 Å². The van der Waals surface area contributed by atoms with Crippen LogP contribution in [-0.4, -0.2) is 24.9 Å². The van der Waals surface area contributed by atoms with Crippen molar-refractivity contribution in [1.29, 1.82) is 0 Å². The van der Waals surface area contributed by atoms with E-state index in [2.05, 4.69) is 17.6 Å². The van der Waals surface area contributed by atoms with Gasteiger partial charge in [-0.05, 0) is 19.3 Å². The number of rotatable bonds is 7. The second-order valence-corrected chi connectivity index (χ2v) is 4.05. The average Bonchev–Trinajstić information content (AvgIpc) is 3.04. The van der Waals surface area contributed by atoms with Gasteiger partial charge in [0.05, 0.1) is 6.54 Å². The Morgan fingerprint density at radius 1 is 1.20 bits per heavy atom. The van der Waals surface area contributed by atoms with Crippen LogP contribution in [0.4, 0.5) is 0 Å². The van der Waals surface area contributed by atoms with Gasteiger partial charge in [0.2, 0.25) is 11.8 Å². The van der Waals surface area contributed by atoms with Crippen molar-refractivity contribution in [1.82, 2.24) is 10.6 Å². The van der Waals surface area contributed by atoms with Crippen molar-refractivity contribution >= 4 is 11.8 Å². The molecular weight excluding hydrogens is 192 g/mol. The number of amides is 2. The van der Waals surface area contributed by atoms with Crippen molar-refractivity contribution in [2.45, 2.75) is 39.0 Å². The molecule has 0 bridgehead atoms. The van der Waals surface area contributed by atoms with Gasteiger partial charge in [0.15, 0.2) is 0 Å². The van der Waals surface area contributed by atoms with Crippen LogP contribution in [-0.2, 0) is 9.59 Å². The Morgan fingerprint density at radius 3 is 2.53 bits per heavy atom. The molecule has 0 aromatic carbocycles. The van der Waals surface area contributed by atoms with Crippen molar-refractivity contribution < 1.29 is 9.59 Å². The molecule has 0 saturated heterocycles. The summed E-state index contributed by atoms with van der Waals surface area (Å²) in [5.41, 5.74) is 0. The Labute approximate surface area is 90.8 Å². The highest BCUT2D eigenvalue weighted by Gasteiger charge is 2.29. The lowest BCUT2D eigenvalue weighted by Gasteiger charge is -2.05. The summed E-state index contributed by atoms with van der Waals surface area (Å²) in [6.07, 6.45) is 5.25. The van der Waals surface area contributed by atoms with Crippen LogP contribution in [0.15, 0.2) is 0 Å². The lowest BCUT2D eigenvalue weighted by atomic mass is 10.2. The van der Waals surface area contributed by atoms with Gasteiger partial charge < -0.3 is 10.6 Å². The van der Waals surface area contributed by atoms with Crippen LogP contribution in [0.2, 0.25) is 0 Å². The molecule has 0 unspecified atom stereocenters. The van der Waals surface area contributed by atoms with Crippen LogP contribution in [0, 0.1) is 5.92 Å². The summed E-state index contributed by atoms with van der Waals surface area (Å²) in [6.45, 7) is 2.96. The lowest BCUT2D eigenvalue weighted by Crippen LogP contribution is -2.37. The molecule has 0 spiro atoms. The monoisotopic (exact) mass is 212 g/mol. The van der Waals surface area contributed by atoms with Gasteiger partial charge in [0.1, 0.15) is 0 Å². The molecule has 15 heavy (non-hydrogen) atoms. The Bertz CT molecular complexity index is 225. The molecule has 1 aliphatic rings. The van der Waals surface area contributed by atoms with Crippen molar-refractivity contribution in [2.24, 2.45) is 5.92 Å². The van der Waals surface area contributed by atoms with E-state index in [1.54, 1.807) is 0 Å². The summed E-state index contributed by atoms with van der Waals surface area (Å²) in [5, 5.41) is 5.41. The van der Waals surface area contributed by atoms with Gasteiger partial charge in [-0.3, -0.25) is 9.59 Å². The molecule has 1 fully saturated rings. The summed E-state index contributed by atoms with van der Waals surface area (Å²) < 4.78 is 0. The number of nitrogens with one attached hydrogen (secondary N) is 2. The van der Waals surface area contributed by atoms with Crippen LogP contribution >= 0.6 is 0 Å². The second kappa shape index (κ2) is 6.43. The zero-order valence-electron chi connectivity index (χ0n) is 9.34. The summed E-state index contributed by atoms with van der Waals surface area (Å²) in [6, 6.07) is 0. The molecular formula is C11H20N2O2. The average molecular weight is 212 g/mol. The fraction of sp³-hybridized carbons (Fsp3) is 0.818. The van der Waals surface area contributed by atoms with Gasteiger partial charge in [-0.1, -0.05) is 19.8 Å². The number of carbonyl (C=O) groups is 2. The number of unbranched alkanes of at least 4 members (excludes halogenated alkanes) is 2. The molecule has 0 aromatic heterocycles. The highest BCUT2D eigenvalue weighted by molar-refractivity contribution is 5.86. The van der Waals surface area contributed by atoms with E-state index in [-0.39, 0.29) is 24.3 Å². The molecule has 0 aliphatic heterocycles. The van der Waals surface area contributed by atoms with Gasteiger partial charge in [-0.15, -0.1) is 0 Å². The van der Waals surface area contributed by atoms with Crippen molar-refractivity contribution in [3.63, 3.8) is 0 Å². The first-order valence-electron chi connectivity index (χ1n) is 5.78. The van der Waals surface area contributed by atoms with Crippen molar-refractivity contribution in [2.75, 3.05) is 13.1 Å². The van der Waals surface area contributed by atoms with E-state index in [1.807, 2.05) is 0 Å². The number of hydrogen-bond acceptors (Lipinski definition) is 2. The Hall–Kier alpha value is -1.06. The molecule has 4 heteroatoms. The Morgan fingerprint density at radius 2 is 1.93 bits per heavy atom. The van der Waals surface area contributed by atoms with E-state index in [0.717, 1.165) is 32.1 Å². The molecule has 0 heterocycles. The molecule has 0 atom stereocenters. The first-order chi connectivity index (χ1) is 7.24. The third kappa shape index (κ3) is 5.40. The summed E-state index contributed by atoms with van der Waals surface area (Å²) in [5.74, 6) is 0.122. The largest absolute Gasteiger partial charge is 0.355 e. The zero-order valence-corrected chi connectivity index (χ0v) is 9.34. The van der Waals surface area contributed by atoms with Gasteiger partial charge in [-0.25, -0.2) is 0 Å². The minimum Gasteiger partial charge on any atom is -0.355 e. The SMILES string of the molecule is CCCCCNC(=O)CNC(=O)C1CC1. The summed E-state index contributed by atoms with van der Waals surface area (Å²) in [7, 11) is 0. The summed E-state index contributed by atoms with van der Waals surface area (Å²) >= 11 is 0. The van der Waals surface area contributed by atoms with E-state index in [9.17, 15) is 9.59 Å². The zero-order chi connectivity index (χ0) is 11.1. The van der Waals surface area contributed by atoms with E-state index in [0.29, 0.717) is 6.54 Å². The highest BCUT2D eigenvalue weighted by atomic mass is 16.2. The fourth-order valence-corrected chi connectivity index (χ4v) is 1.32. The molecule has 0 aromatic rings. The Balaban J connectivity index is 1.95. The van der Waals surface area contributed by atoms with Crippen molar-refractivity contribution in [3.05, 3.63) is 0 Å². The van der Waals surface area contributed by atoms with Crippen LogP contribution in [0.1, 0.15) is 39.0 Å². The molecule has 86 valence electrons. The lowest BCUT2D eigenvalue weighted by molar-refractivity contribution is -0.126. The smallest absolute Gasteiger partial charge is 0.239 e. The van der Waals surface area contributed by atoms with E-state index in [1.165, 1.54) is 0 Å². The van der Waals surface area contributed by atoms with Crippen LogP contribution in [0.25, 0.3) is 0 Å². The molecule has 0 radical (unpaired) electrons. The maximum atomic E-state index is 11.2. The Kier molecular flexibility index (Phi) is 5.15. The second-order valence-electron chi connectivity index (χ2n) is 4.05. The summed E-state index contributed by atoms with van der Waals surface area (Å²) in [4.78, 5) is 22.4. The van der Waals surface area contributed by atoms with Crippen LogP contribution in [0.3, 0.4) is 0 Å². The molecule has 1 aliphatic carbocycles. The normalized spacial score (nSPS) is 14.7. The maximum absolute atomic E-state index is 11.2. The van der Waals surface area contributed by atoms with Gasteiger partial charge in [0, 0.05) is 12.5 Å². The van der Waals surface area contributed by atoms with Crippen molar-refractivity contribution in [3.8, 4) is 0 Å². The number of hydrogen-bond donors (Lipinski definition) is 2. The maximum Gasteiger partial charge on any atom is 0.239 e. The third-order valence-electron chi connectivity index (χ3n) is 2.47.